The number of rotatable bonds is 3. The van der Waals surface area contributed by atoms with Crippen molar-refractivity contribution in [2.45, 2.75) is 12.8 Å². The zero-order valence-corrected chi connectivity index (χ0v) is 14.1. The quantitative estimate of drug-likeness (QED) is 0.759. The normalized spacial score (nSPS) is 14.0. The summed E-state index contributed by atoms with van der Waals surface area (Å²) < 4.78 is 14.4. The minimum atomic E-state index is -0.444. The van der Waals surface area contributed by atoms with E-state index in [0.717, 1.165) is 25.9 Å². The minimum Gasteiger partial charge on any atom is -0.369 e. The van der Waals surface area contributed by atoms with Crippen LogP contribution in [0.3, 0.4) is 0 Å². The molecule has 0 spiro atoms. The number of hydrogen-bond donors (Lipinski definition) is 2. The Morgan fingerprint density at radius 1 is 1.08 bits per heavy atom. The monoisotopic (exact) mass is 351 g/mol. The summed E-state index contributed by atoms with van der Waals surface area (Å²) in [6, 6.07) is 13.0. The number of benzene rings is 2. The molecule has 1 aliphatic rings. The molecular formula is C20H18FN3O2. The molecule has 1 aliphatic heterocycles. The van der Waals surface area contributed by atoms with Crippen LogP contribution in [0.15, 0.2) is 53.3 Å². The Balaban J connectivity index is 1.63. The van der Waals surface area contributed by atoms with Gasteiger partial charge in [-0.2, -0.15) is 0 Å². The zero-order chi connectivity index (χ0) is 18.1. The highest BCUT2D eigenvalue weighted by atomic mass is 19.1. The molecule has 2 N–H and O–H groups in total. The van der Waals surface area contributed by atoms with E-state index >= 15 is 0 Å². The minimum absolute atomic E-state index is 0.258. The van der Waals surface area contributed by atoms with Gasteiger partial charge in [0, 0.05) is 35.7 Å². The number of carbonyl (C=O) groups excluding carboxylic acids is 1. The van der Waals surface area contributed by atoms with Crippen molar-refractivity contribution in [1.82, 2.24) is 4.98 Å². The maximum atomic E-state index is 14.4. The van der Waals surface area contributed by atoms with Gasteiger partial charge in [0.15, 0.2) is 0 Å². The molecule has 26 heavy (non-hydrogen) atoms. The number of aromatic amines is 1. The van der Waals surface area contributed by atoms with Gasteiger partial charge in [0.2, 0.25) is 5.56 Å². The SMILES string of the molecule is O=C(Nc1ccc(N2CCCC2)c(F)c1)c1cc(=O)[nH]c2ccccc12. The van der Waals surface area contributed by atoms with E-state index in [1.165, 1.54) is 12.1 Å². The predicted molar refractivity (Wildman–Crippen MR) is 100 cm³/mol. The van der Waals surface area contributed by atoms with E-state index in [9.17, 15) is 14.0 Å². The molecule has 0 aliphatic carbocycles. The van der Waals surface area contributed by atoms with Crippen LogP contribution < -0.4 is 15.8 Å². The number of para-hydroxylation sites is 1. The summed E-state index contributed by atoms with van der Waals surface area (Å²) in [5.74, 6) is -0.805. The second kappa shape index (κ2) is 6.63. The van der Waals surface area contributed by atoms with Gasteiger partial charge in [0.25, 0.3) is 5.91 Å². The molecule has 1 saturated heterocycles. The number of anilines is 2. The fourth-order valence-electron chi connectivity index (χ4n) is 3.39. The van der Waals surface area contributed by atoms with Gasteiger partial charge in [0.1, 0.15) is 5.82 Å². The first-order valence-electron chi connectivity index (χ1n) is 8.60. The maximum absolute atomic E-state index is 14.4. The summed E-state index contributed by atoms with van der Waals surface area (Å²) in [5.41, 5.74) is 1.40. The lowest BCUT2D eigenvalue weighted by Gasteiger charge is -2.19. The molecule has 5 nitrogen and oxygen atoms in total. The lowest BCUT2D eigenvalue weighted by atomic mass is 10.1. The van der Waals surface area contributed by atoms with Gasteiger partial charge in [0.05, 0.1) is 11.3 Å². The molecule has 1 amide bonds. The molecule has 0 unspecified atom stereocenters. The number of aromatic nitrogens is 1. The van der Waals surface area contributed by atoms with Crippen LogP contribution in [0.1, 0.15) is 23.2 Å². The van der Waals surface area contributed by atoms with Crippen LogP contribution in [0.5, 0.6) is 0 Å². The third-order valence-corrected chi connectivity index (χ3v) is 4.65. The fraction of sp³-hybridized carbons (Fsp3) is 0.200. The molecule has 2 aromatic carbocycles. The van der Waals surface area contributed by atoms with Crippen LogP contribution in [-0.2, 0) is 0 Å². The van der Waals surface area contributed by atoms with E-state index in [4.69, 9.17) is 0 Å². The first-order chi connectivity index (χ1) is 12.6. The summed E-state index contributed by atoms with van der Waals surface area (Å²) in [4.78, 5) is 29.1. The van der Waals surface area contributed by atoms with Crippen LogP contribution in [0.2, 0.25) is 0 Å². The molecule has 6 heteroatoms. The lowest BCUT2D eigenvalue weighted by molar-refractivity contribution is 0.102. The molecule has 0 bridgehead atoms. The fourth-order valence-corrected chi connectivity index (χ4v) is 3.39. The van der Waals surface area contributed by atoms with Crippen LogP contribution in [0.4, 0.5) is 15.8 Å². The summed E-state index contributed by atoms with van der Waals surface area (Å²) in [6.07, 6.45) is 2.13. The number of amides is 1. The van der Waals surface area contributed by atoms with Crippen molar-refractivity contribution in [2.75, 3.05) is 23.3 Å². The van der Waals surface area contributed by atoms with Crippen LogP contribution in [-0.4, -0.2) is 24.0 Å². The van der Waals surface area contributed by atoms with Crippen molar-refractivity contribution in [3.8, 4) is 0 Å². The molecule has 1 fully saturated rings. The molecule has 2 heterocycles. The Kier molecular flexibility index (Phi) is 4.16. The van der Waals surface area contributed by atoms with Crippen LogP contribution in [0.25, 0.3) is 10.9 Å². The second-order valence-corrected chi connectivity index (χ2v) is 6.41. The number of H-pyrrole nitrogens is 1. The molecular weight excluding hydrogens is 333 g/mol. The molecule has 3 aromatic rings. The Hall–Kier alpha value is -3.15. The number of nitrogens with zero attached hydrogens (tertiary/aromatic N) is 1. The molecule has 132 valence electrons. The standard InChI is InChI=1S/C20H18FN3O2/c21-16-11-13(7-8-18(16)24-9-3-4-10-24)22-20(26)15-12-19(25)23-17-6-2-1-5-14(15)17/h1-2,5-8,11-12H,3-4,9-10H2,(H,22,26)(H,23,25). The zero-order valence-electron chi connectivity index (χ0n) is 14.1. The Morgan fingerprint density at radius 3 is 2.62 bits per heavy atom. The topological polar surface area (TPSA) is 65.2 Å². The first-order valence-corrected chi connectivity index (χ1v) is 8.60. The van der Waals surface area contributed by atoms with Gasteiger partial charge >= 0.3 is 0 Å². The summed E-state index contributed by atoms with van der Waals surface area (Å²) >= 11 is 0. The second-order valence-electron chi connectivity index (χ2n) is 6.41. The van der Waals surface area contributed by atoms with Gasteiger partial charge in [-0.05, 0) is 37.1 Å². The highest BCUT2D eigenvalue weighted by Gasteiger charge is 2.17. The van der Waals surface area contributed by atoms with E-state index in [0.29, 0.717) is 22.3 Å². The average molecular weight is 351 g/mol. The number of halogens is 1. The largest absolute Gasteiger partial charge is 0.369 e. The highest BCUT2D eigenvalue weighted by Crippen LogP contribution is 2.26. The van der Waals surface area contributed by atoms with E-state index in [2.05, 4.69) is 10.3 Å². The summed E-state index contributed by atoms with van der Waals surface area (Å²) in [6.45, 7) is 1.70. The Bertz CT molecular complexity index is 1040. The third-order valence-electron chi connectivity index (χ3n) is 4.65. The van der Waals surface area contributed by atoms with Gasteiger partial charge < -0.3 is 15.2 Å². The Labute approximate surface area is 149 Å². The van der Waals surface area contributed by atoms with E-state index < -0.39 is 5.91 Å². The van der Waals surface area contributed by atoms with Crippen molar-refractivity contribution in [3.63, 3.8) is 0 Å². The third kappa shape index (κ3) is 3.06. The van der Waals surface area contributed by atoms with Crippen molar-refractivity contribution in [1.29, 1.82) is 0 Å². The number of pyridine rings is 1. The van der Waals surface area contributed by atoms with Crippen molar-refractivity contribution in [3.05, 3.63) is 70.3 Å². The number of carbonyl (C=O) groups is 1. The average Bonchev–Trinajstić information content (AvgIpc) is 3.15. The number of nitrogens with one attached hydrogen (secondary N) is 2. The van der Waals surface area contributed by atoms with E-state index in [1.807, 2.05) is 4.90 Å². The van der Waals surface area contributed by atoms with Crippen LogP contribution in [0, 0.1) is 5.82 Å². The molecule has 0 radical (unpaired) electrons. The van der Waals surface area contributed by atoms with Gasteiger partial charge in [-0.1, -0.05) is 18.2 Å². The predicted octanol–water partition coefficient (Wildman–Crippen LogP) is 3.52. The van der Waals surface area contributed by atoms with Crippen LogP contribution >= 0.6 is 0 Å². The van der Waals surface area contributed by atoms with Gasteiger partial charge in [-0.3, -0.25) is 9.59 Å². The smallest absolute Gasteiger partial charge is 0.256 e. The number of fused-ring (bicyclic) bond motifs is 1. The summed E-state index contributed by atoms with van der Waals surface area (Å²) in [5, 5.41) is 3.32. The van der Waals surface area contributed by atoms with E-state index in [-0.39, 0.29) is 16.9 Å². The molecule has 1 aromatic heterocycles. The Morgan fingerprint density at radius 2 is 1.85 bits per heavy atom. The molecule has 4 rings (SSSR count). The van der Waals surface area contributed by atoms with E-state index in [1.54, 1.807) is 36.4 Å². The molecule has 0 atom stereocenters. The molecule has 0 saturated carbocycles. The number of hydrogen-bond acceptors (Lipinski definition) is 3. The maximum Gasteiger partial charge on any atom is 0.256 e. The van der Waals surface area contributed by atoms with Crippen molar-refractivity contribution >= 4 is 28.2 Å². The summed E-state index contributed by atoms with van der Waals surface area (Å²) in [7, 11) is 0. The van der Waals surface area contributed by atoms with Crippen molar-refractivity contribution < 1.29 is 9.18 Å². The first kappa shape index (κ1) is 16.3. The lowest BCUT2D eigenvalue weighted by Crippen LogP contribution is -2.20. The highest BCUT2D eigenvalue weighted by molar-refractivity contribution is 6.12. The van der Waals surface area contributed by atoms with Crippen molar-refractivity contribution in [2.24, 2.45) is 0 Å². The van der Waals surface area contributed by atoms with Gasteiger partial charge in [-0.25, -0.2) is 4.39 Å². The van der Waals surface area contributed by atoms with Gasteiger partial charge in [-0.15, -0.1) is 0 Å².